The highest BCUT2D eigenvalue weighted by Gasteiger charge is 2.20. The van der Waals surface area contributed by atoms with Crippen molar-refractivity contribution >= 4 is 16.7 Å². The molecule has 0 aliphatic heterocycles. The normalized spacial score (nSPS) is 11.0. The first-order valence-electron chi connectivity index (χ1n) is 7.94. The van der Waals surface area contributed by atoms with Crippen molar-refractivity contribution in [3.8, 4) is 11.1 Å². The predicted octanol–water partition coefficient (Wildman–Crippen LogP) is 1.12. The molecule has 134 valence electrons. The number of aromatic amines is 2. The summed E-state index contributed by atoms with van der Waals surface area (Å²) in [5.41, 5.74) is 0.236. The number of H-pyrrole nitrogens is 2. The second-order valence-electron chi connectivity index (χ2n) is 5.68. The zero-order valence-electron chi connectivity index (χ0n) is 14.0. The van der Waals surface area contributed by atoms with Gasteiger partial charge in [-0.1, -0.05) is 12.1 Å². The second-order valence-corrected chi connectivity index (χ2v) is 5.68. The van der Waals surface area contributed by atoms with Gasteiger partial charge in [0, 0.05) is 37.8 Å². The van der Waals surface area contributed by atoms with Crippen molar-refractivity contribution in [3.63, 3.8) is 0 Å². The van der Waals surface area contributed by atoms with Crippen LogP contribution in [0.1, 0.15) is 6.42 Å². The lowest BCUT2D eigenvalue weighted by molar-refractivity contribution is -0.384. The summed E-state index contributed by atoms with van der Waals surface area (Å²) in [6.45, 7) is 0.826. The van der Waals surface area contributed by atoms with E-state index in [0.717, 1.165) is 0 Å². The van der Waals surface area contributed by atoms with Crippen molar-refractivity contribution in [3.05, 3.63) is 67.5 Å². The number of nitro benzene ring substituents is 1. The van der Waals surface area contributed by atoms with E-state index < -0.39 is 16.2 Å². The van der Waals surface area contributed by atoms with E-state index in [1.165, 1.54) is 16.7 Å². The average molecular weight is 357 g/mol. The maximum Gasteiger partial charge on any atom is 0.415 e. The van der Waals surface area contributed by atoms with Crippen LogP contribution in [0.3, 0.4) is 0 Å². The van der Waals surface area contributed by atoms with Crippen LogP contribution >= 0.6 is 0 Å². The van der Waals surface area contributed by atoms with Crippen molar-refractivity contribution in [1.82, 2.24) is 9.55 Å². The fourth-order valence-corrected chi connectivity index (χ4v) is 2.87. The first-order chi connectivity index (χ1) is 12.5. The fraction of sp³-hybridized carbons (Fsp3) is 0.235. The Bertz CT molecular complexity index is 1090. The molecule has 2 N–H and O–H groups in total. The molecule has 1 aromatic carbocycles. The maximum absolute atomic E-state index is 12.4. The molecule has 0 aliphatic carbocycles. The third kappa shape index (κ3) is 3.24. The minimum Gasteiger partial charge on any atom is -0.385 e. The van der Waals surface area contributed by atoms with Crippen LogP contribution in [0.15, 0.2) is 46.1 Å². The molecule has 3 rings (SSSR count). The number of fused-ring (bicyclic) bond motifs is 1. The van der Waals surface area contributed by atoms with Crippen LogP contribution in [0, 0.1) is 10.1 Å². The fourth-order valence-electron chi connectivity index (χ4n) is 2.87. The molecule has 0 amide bonds. The Morgan fingerprint density at radius 2 is 2.12 bits per heavy atom. The van der Waals surface area contributed by atoms with Gasteiger partial charge in [0.25, 0.3) is 16.9 Å². The number of hydrogen-bond acceptors (Lipinski definition) is 5. The predicted molar refractivity (Wildman–Crippen MR) is 94.0 cm³/mol. The van der Waals surface area contributed by atoms with Gasteiger partial charge in [0.05, 0.1) is 17.7 Å². The second kappa shape index (κ2) is 7.28. The van der Waals surface area contributed by atoms with Gasteiger partial charge in [0.2, 0.25) is 0 Å². The molecule has 0 atom stereocenters. The molecule has 0 radical (unpaired) electrons. The molecule has 0 fully saturated rings. The molecule has 0 spiro atoms. The molecule has 2 aromatic heterocycles. The number of benzene rings is 1. The molecule has 0 saturated carbocycles. The monoisotopic (exact) mass is 357 g/mol. The summed E-state index contributed by atoms with van der Waals surface area (Å²) in [5.74, 6) is 0. The number of nitro groups is 1. The van der Waals surface area contributed by atoms with Crippen LogP contribution in [-0.2, 0) is 11.3 Å². The number of aromatic nitrogens is 3. The molecule has 0 bridgehead atoms. The maximum atomic E-state index is 12.4. The van der Waals surface area contributed by atoms with Crippen molar-refractivity contribution in [1.29, 1.82) is 0 Å². The van der Waals surface area contributed by atoms with Gasteiger partial charge in [0.15, 0.2) is 0 Å². The first-order valence-corrected chi connectivity index (χ1v) is 7.94. The number of pyridine rings is 1. The van der Waals surface area contributed by atoms with E-state index in [1.54, 1.807) is 31.5 Å². The van der Waals surface area contributed by atoms with Crippen LogP contribution in [0.4, 0.5) is 5.69 Å². The third-order valence-electron chi connectivity index (χ3n) is 4.04. The topological polar surface area (TPSA) is 121 Å². The Morgan fingerprint density at radius 3 is 2.85 bits per heavy atom. The highest BCUT2D eigenvalue weighted by Crippen LogP contribution is 2.26. The van der Waals surface area contributed by atoms with Crippen LogP contribution in [0.5, 0.6) is 0 Å². The summed E-state index contributed by atoms with van der Waals surface area (Å²) < 4.78 is 6.43. The van der Waals surface area contributed by atoms with Gasteiger partial charge in [-0.2, -0.15) is 4.57 Å². The molecule has 2 heterocycles. The third-order valence-corrected chi connectivity index (χ3v) is 4.04. The highest BCUT2D eigenvalue weighted by atomic mass is 16.6. The van der Waals surface area contributed by atoms with E-state index in [2.05, 4.69) is 9.97 Å². The van der Waals surface area contributed by atoms with E-state index in [-0.39, 0.29) is 11.1 Å². The molecule has 3 aromatic rings. The SMILES string of the molecule is COCCCn1c(=O)[nH]c(=O)c2c(-c3cccc([N+](=O)[O-])c3)cc[nH+]c21. The van der Waals surface area contributed by atoms with Crippen molar-refractivity contribution < 1.29 is 14.6 Å². The van der Waals surface area contributed by atoms with E-state index in [1.807, 2.05) is 0 Å². The van der Waals surface area contributed by atoms with Crippen LogP contribution < -0.4 is 16.2 Å². The Labute approximate surface area is 147 Å². The molecular weight excluding hydrogens is 340 g/mol. The minimum absolute atomic E-state index is 0.0756. The van der Waals surface area contributed by atoms with E-state index in [0.29, 0.717) is 36.3 Å². The number of ether oxygens (including phenoxy) is 1. The molecule has 0 saturated heterocycles. The lowest BCUT2D eigenvalue weighted by atomic mass is 10.0. The number of non-ortho nitro benzene ring substituents is 1. The summed E-state index contributed by atoms with van der Waals surface area (Å²) in [6, 6.07) is 7.67. The van der Waals surface area contributed by atoms with Gasteiger partial charge in [0.1, 0.15) is 5.39 Å². The largest absolute Gasteiger partial charge is 0.415 e. The van der Waals surface area contributed by atoms with E-state index in [9.17, 15) is 19.7 Å². The summed E-state index contributed by atoms with van der Waals surface area (Å²) in [6.07, 6.45) is 2.19. The number of hydrogen-bond donors (Lipinski definition) is 1. The molecule has 26 heavy (non-hydrogen) atoms. The standard InChI is InChI=1S/C17H16N4O5/c1-26-9-3-8-20-15-14(16(22)19-17(20)23)13(6-7-18-15)11-4-2-5-12(10-11)21(24)25/h2,4-7,10H,3,8-9H2,1H3,(H,19,22,23)/p+1. The highest BCUT2D eigenvalue weighted by molar-refractivity contribution is 5.90. The van der Waals surface area contributed by atoms with Gasteiger partial charge in [-0.3, -0.25) is 19.9 Å². The zero-order chi connectivity index (χ0) is 18.7. The summed E-state index contributed by atoms with van der Waals surface area (Å²) in [4.78, 5) is 40.4. The average Bonchev–Trinajstić information content (AvgIpc) is 2.64. The first kappa shape index (κ1) is 17.5. The summed E-state index contributed by atoms with van der Waals surface area (Å²) in [7, 11) is 1.57. The van der Waals surface area contributed by atoms with Gasteiger partial charge < -0.3 is 4.74 Å². The van der Waals surface area contributed by atoms with Gasteiger partial charge >= 0.3 is 5.69 Å². The smallest absolute Gasteiger partial charge is 0.385 e. The van der Waals surface area contributed by atoms with Crippen LogP contribution in [-0.4, -0.2) is 28.2 Å². The molecule has 0 unspecified atom stereocenters. The number of methoxy groups -OCH3 is 1. The summed E-state index contributed by atoms with van der Waals surface area (Å²) in [5, 5.41) is 11.3. The van der Waals surface area contributed by atoms with Crippen LogP contribution in [0.2, 0.25) is 0 Å². The van der Waals surface area contributed by atoms with Crippen LogP contribution in [0.25, 0.3) is 22.2 Å². The number of nitrogens with one attached hydrogen (secondary N) is 2. The molecule has 0 aliphatic rings. The van der Waals surface area contributed by atoms with Gasteiger partial charge in [-0.25, -0.2) is 9.78 Å². The molecule has 9 heteroatoms. The lowest BCUT2D eigenvalue weighted by Crippen LogP contribution is -2.34. The van der Waals surface area contributed by atoms with Gasteiger partial charge in [-0.05, 0) is 11.6 Å². The van der Waals surface area contributed by atoms with Gasteiger partial charge in [-0.15, -0.1) is 0 Å². The van der Waals surface area contributed by atoms with E-state index in [4.69, 9.17) is 4.74 Å². The molecule has 9 nitrogen and oxygen atoms in total. The van der Waals surface area contributed by atoms with Crippen molar-refractivity contribution in [2.45, 2.75) is 13.0 Å². The quantitative estimate of drug-likeness (QED) is 0.402. The Balaban J connectivity index is 2.24. The Morgan fingerprint density at radius 1 is 1.31 bits per heavy atom. The molecular formula is C17H17N4O5+. The zero-order valence-corrected chi connectivity index (χ0v) is 14.0. The lowest BCUT2D eigenvalue weighted by Gasteiger charge is -2.06. The minimum atomic E-state index is -0.550. The Kier molecular flexibility index (Phi) is 4.90. The number of rotatable bonds is 6. The van der Waals surface area contributed by atoms with Crippen molar-refractivity contribution in [2.24, 2.45) is 0 Å². The number of aryl methyl sites for hydroxylation is 1. The summed E-state index contributed by atoms with van der Waals surface area (Å²) >= 11 is 0. The number of nitrogens with zero attached hydrogens (tertiary/aromatic N) is 2. The van der Waals surface area contributed by atoms with E-state index >= 15 is 0 Å². The Hall–Kier alpha value is -3.33. The van der Waals surface area contributed by atoms with Crippen molar-refractivity contribution in [2.75, 3.05) is 13.7 Å².